The third-order valence-electron chi connectivity index (χ3n) is 2.05. The Hall–Kier alpha value is 0.0900. The number of primary amides is 1. The van der Waals surface area contributed by atoms with Crippen LogP contribution in [0, 0.1) is 0 Å². The molecule has 0 unspecified atom stereocenters. The van der Waals surface area contributed by atoms with Crippen molar-refractivity contribution in [2.24, 2.45) is 5.73 Å². The van der Waals surface area contributed by atoms with Crippen molar-refractivity contribution in [2.75, 3.05) is 17.5 Å². The monoisotopic (exact) mass is 286 g/mol. The van der Waals surface area contributed by atoms with Crippen molar-refractivity contribution in [3.8, 4) is 0 Å². The number of carbonyl (C=O) groups excluding carboxylic acids is 1. The Morgan fingerprint density at radius 3 is 2.92 bits per heavy atom. The Labute approximate surface area is 84.6 Å². The van der Waals surface area contributed by atoms with Gasteiger partial charge in [0, 0.05) is 23.9 Å². The predicted octanol–water partition coefficient (Wildman–Crippen LogP) is 0.319. The lowest BCUT2D eigenvalue weighted by molar-refractivity contribution is -0.122. The first-order valence-corrected chi connectivity index (χ1v) is 5.41. The second kappa shape index (κ2) is 4.36. The highest BCUT2D eigenvalue weighted by atomic mass is 127. The first kappa shape index (κ1) is 10.2. The Kier molecular flexibility index (Phi) is 3.70. The number of likely N-dealkylation sites (tertiary alicyclic amines) is 1. The van der Waals surface area contributed by atoms with E-state index >= 15 is 0 Å². The third kappa shape index (κ3) is 2.29. The topological polar surface area (TPSA) is 46.3 Å². The molecule has 0 bridgehead atoms. The quantitative estimate of drug-likeness (QED) is 0.600. The molecule has 3 nitrogen and oxygen atoms in total. The molecule has 1 aliphatic rings. The zero-order valence-corrected chi connectivity index (χ0v) is 8.83. The molecule has 0 aliphatic carbocycles. The van der Waals surface area contributed by atoms with Crippen molar-refractivity contribution < 1.29 is 9.18 Å². The molecule has 1 rings (SSSR count). The summed E-state index contributed by atoms with van der Waals surface area (Å²) in [5, 5.41) is 0. The molecule has 1 amide bonds. The molecule has 0 aromatic heterocycles. The molecule has 0 spiro atoms. The normalized spacial score (nSPS) is 30.8. The van der Waals surface area contributed by atoms with Crippen molar-refractivity contribution in [1.82, 2.24) is 4.90 Å². The largest absolute Gasteiger partial charge is 0.368 e. The highest BCUT2D eigenvalue weighted by Crippen LogP contribution is 2.19. The van der Waals surface area contributed by atoms with Crippen LogP contribution in [0.15, 0.2) is 0 Å². The highest BCUT2D eigenvalue weighted by molar-refractivity contribution is 14.1. The lowest BCUT2D eigenvalue weighted by Gasteiger charge is -2.19. The number of nitrogens with zero attached hydrogens (tertiary/aromatic N) is 1. The van der Waals surface area contributed by atoms with Crippen LogP contribution >= 0.6 is 22.6 Å². The molecule has 1 saturated heterocycles. The van der Waals surface area contributed by atoms with Gasteiger partial charge in [0.15, 0.2) is 0 Å². The van der Waals surface area contributed by atoms with Crippen LogP contribution in [0.1, 0.15) is 6.42 Å². The average molecular weight is 286 g/mol. The molecule has 0 aromatic carbocycles. The number of hydrogen-bond acceptors (Lipinski definition) is 2. The van der Waals surface area contributed by atoms with Crippen molar-refractivity contribution in [3.05, 3.63) is 0 Å². The van der Waals surface area contributed by atoms with E-state index in [4.69, 9.17) is 5.73 Å². The molecule has 0 saturated carbocycles. The molecule has 1 fully saturated rings. The van der Waals surface area contributed by atoms with Gasteiger partial charge in [-0.25, -0.2) is 4.39 Å². The van der Waals surface area contributed by atoms with E-state index in [9.17, 15) is 9.18 Å². The smallest absolute Gasteiger partial charge is 0.234 e. The molecule has 12 heavy (non-hydrogen) atoms. The van der Waals surface area contributed by atoms with E-state index in [-0.39, 0.29) is 12.5 Å². The van der Waals surface area contributed by atoms with E-state index in [0.717, 1.165) is 11.0 Å². The lowest BCUT2D eigenvalue weighted by atomic mass is 10.2. The first-order valence-electron chi connectivity index (χ1n) is 3.88. The minimum Gasteiger partial charge on any atom is -0.368 e. The first-order chi connectivity index (χ1) is 5.65. The average Bonchev–Trinajstić information content (AvgIpc) is 2.32. The molecule has 1 aliphatic heterocycles. The van der Waals surface area contributed by atoms with Crippen LogP contribution < -0.4 is 5.73 Å². The maximum atomic E-state index is 12.9. The summed E-state index contributed by atoms with van der Waals surface area (Å²) < 4.78 is 13.8. The molecule has 70 valence electrons. The lowest BCUT2D eigenvalue weighted by Crippen LogP contribution is -2.41. The summed E-state index contributed by atoms with van der Waals surface area (Å²) in [6, 6.07) is -0.380. The van der Waals surface area contributed by atoms with Gasteiger partial charge in [-0.15, -0.1) is 0 Å². The summed E-state index contributed by atoms with van der Waals surface area (Å²) in [6.45, 7) is 1.10. The van der Waals surface area contributed by atoms with Gasteiger partial charge in [0.1, 0.15) is 6.17 Å². The van der Waals surface area contributed by atoms with Gasteiger partial charge in [-0.2, -0.15) is 0 Å². The Balaban J connectivity index is 2.53. The molecule has 0 aromatic rings. The number of carbonyl (C=O) groups is 1. The number of amides is 1. The van der Waals surface area contributed by atoms with E-state index in [1.54, 1.807) is 0 Å². The second-order valence-electron chi connectivity index (χ2n) is 2.94. The number of hydrogen-bond donors (Lipinski definition) is 1. The van der Waals surface area contributed by atoms with Gasteiger partial charge in [-0.05, 0) is 0 Å². The van der Waals surface area contributed by atoms with E-state index < -0.39 is 12.1 Å². The molecule has 0 radical (unpaired) electrons. The SMILES string of the molecule is NC(=O)[C@@H]1C[C@@H](F)CN1CCI. The molecular weight excluding hydrogens is 274 g/mol. The zero-order chi connectivity index (χ0) is 9.14. The van der Waals surface area contributed by atoms with Gasteiger partial charge in [0.05, 0.1) is 6.04 Å². The molecule has 2 N–H and O–H groups in total. The number of alkyl halides is 2. The second-order valence-corrected chi connectivity index (χ2v) is 4.01. The van der Waals surface area contributed by atoms with E-state index in [2.05, 4.69) is 22.6 Å². The van der Waals surface area contributed by atoms with Gasteiger partial charge in [0.25, 0.3) is 0 Å². The van der Waals surface area contributed by atoms with Crippen molar-refractivity contribution in [3.63, 3.8) is 0 Å². The van der Waals surface area contributed by atoms with Gasteiger partial charge in [-0.3, -0.25) is 9.69 Å². The highest BCUT2D eigenvalue weighted by Gasteiger charge is 2.34. The summed E-state index contributed by atoms with van der Waals surface area (Å²) in [5.74, 6) is -0.403. The minimum absolute atomic E-state index is 0.270. The molecule has 1 heterocycles. The number of nitrogens with two attached hydrogens (primary N) is 1. The Bertz CT molecular complexity index is 179. The van der Waals surface area contributed by atoms with E-state index in [1.165, 1.54) is 0 Å². The van der Waals surface area contributed by atoms with Crippen LogP contribution in [0.25, 0.3) is 0 Å². The third-order valence-corrected chi connectivity index (χ3v) is 2.53. The Morgan fingerprint density at radius 2 is 2.42 bits per heavy atom. The number of rotatable bonds is 3. The molecule has 5 heteroatoms. The maximum Gasteiger partial charge on any atom is 0.234 e. The van der Waals surface area contributed by atoms with Gasteiger partial charge in [-0.1, -0.05) is 22.6 Å². The summed E-state index contributed by atoms with van der Waals surface area (Å²) in [6.07, 6.45) is -0.614. The minimum atomic E-state index is -0.884. The van der Waals surface area contributed by atoms with Crippen molar-refractivity contribution >= 4 is 28.5 Å². The van der Waals surface area contributed by atoms with Crippen LogP contribution in [-0.2, 0) is 4.79 Å². The summed E-state index contributed by atoms with van der Waals surface area (Å²) in [4.78, 5) is 12.7. The molecule has 2 atom stereocenters. The summed E-state index contributed by atoms with van der Waals surface area (Å²) >= 11 is 2.20. The molecular formula is C7H12FIN2O. The standard InChI is InChI=1S/C7H12FIN2O/c8-5-3-6(7(10)12)11(4-5)2-1-9/h5-6H,1-4H2,(H2,10,12)/t5-,6+/m1/s1. The van der Waals surface area contributed by atoms with E-state index in [0.29, 0.717) is 6.54 Å². The van der Waals surface area contributed by atoms with Crippen molar-refractivity contribution in [1.29, 1.82) is 0 Å². The fraction of sp³-hybridized carbons (Fsp3) is 0.857. The number of halogens is 2. The van der Waals surface area contributed by atoms with Gasteiger partial charge < -0.3 is 5.73 Å². The van der Waals surface area contributed by atoms with Gasteiger partial charge in [0.2, 0.25) is 5.91 Å². The maximum absolute atomic E-state index is 12.9. The van der Waals surface area contributed by atoms with Gasteiger partial charge >= 0.3 is 0 Å². The fourth-order valence-corrected chi connectivity index (χ4v) is 2.12. The fourth-order valence-electron chi connectivity index (χ4n) is 1.50. The van der Waals surface area contributed by atoms with Crippen LogP contribution in [-0.4, -0.2) is 40.5 Å². The van der Waals surface area contributed by atoms with Crippen LogP contribution in [0.2, 0.25) is 0 Å². The van der Waals surface area contributed by atoms with Crippen molar-refractivity contribution in [2.45, 2.75) is 18.6 Å². The summed E-state index contributed by atoms with van der Waals surface area (Å²) in [7, 11) is 0. The zero-order valence-electron chi connectivity index (χ0n) is 6.67. The Morgan fingerprint density at radius 1 is 1.75 bits per heavy atom. The predicted molar refractivity (Wildman–Crippen MR) is 53.0 cm³/mol. The van der Waals surface area contributed by atoms with Crippen LogP contribution in [0.5, 0.6) is 0 Å². The van der Waals surface area contributed by atoms with Crippen LogP contribution in [0.3, 0.4) is 0 Å². The van der Waals surface area contributed by atoms with Crippen LogP contribution in [0.4, 0.5) is 4.39 Å². The summed E-state index contributed by atoms with van der Waals surface area (Å²) in [5.41, 5.74) is 5.13. The van der Waals surface area contributed by atoms with E-state index in [1.807, 2.05) is 4.90 Å².